The molecule has 1 aliphatic rings. The summed E-state index contributed by atoms with van der Waals surface area (Å²) < 4.78 is 20.9. The quantitative estimate of drug-likeness (QED) is 0.532. The second-order valence-electron chi connectivity index (χ2n) is 6.75. The molecule has 1 aliphatic carbocycles. The fraction of sp³-hybridized carbons (Fsp3) is 0.261. The number of aliphatic hydroxyl groups is 1. The van der Waals surface area contributed by atoms with Crippen molar-refractivity contribution in [3.05, 3.63) is 58.7 Å². The summed E-state index contributed by atoms with van der Waals surface area (Å²) in [6.45, 7) is 0. The lowest BCUT2D eigenvalue weighted by Crippen LogP contribution is -2.28. The van der Waals surface area contributed by atoms with E-state index < -0.39 is 23.5 Å². The molecular weight excluding hydrogens is 404 g/mol. The van der Waals surface area contributed by atoms with Crippen molar-refractivity contribution in [3.63, 3.8) is 0 Å². The summed E-state index contributed by atoms with van der Waals surface area (Å²) in [7, 11) is 5.52. The van der Waals surface area contributed by atoms with Crippen LogP contribution in [0, 0.1) is 0 Å². The molecule has 0 spiro atoms. The first-order valence-electron chi connectivity index (χ1n) is 9.36. The first kappa shape index (κ1) is 21.9. The normalized spacial score (nSPS) is 14.1. The second-order valence-corrected chi connectivity index (χ2v) is 6.75. The first-order valence-corrected chi connectivity index (χ1v) is 9.36. The Balaban J connectivity index is 2.30. The minimum absolute atomic E-state index is 0.102. The zero-order valence-electron chi connectivity index (χ0n) is 17.6. The highest BCUT2D eigenvalue weighted by Gasteiger charge is 2.39. The molecule has 0 unspecified atom stereocenters. The van der Waals surface area contributed by atoms with Crippen molar-refractivity contribution in [2.75, 3.05) is 28.4 Å². The number of ether oxygens (including phenoxy) is 4. The zero-order chi connectivity index (χ0) is 22.7. The summed E-state index contributed by atoms with van der Waals surface area (Å²) in [5.74, 6) is -2.73. The number of fused-ring (bicyclic) bond motifs is 1. The Morgan fingerprint density at radius 3 is 2.03 bits per heavy atom. The molecule has 1 N–H and O–H groups in total. The highest BCUT2D eigenvalue weighted by atomic mass is 16.5. The number of rotatable bonds is 7. The highest BCUT2D eigenvalue weighted by molar-refractivity contribution is 6.52. The number of aliphatic hydroxyl groups excluding tert-OH is 1. The van der Waals surface area contributed by atoms with Gasteiger partial charge in [-0.05, 0) is 6.07 Å². The van der Waals surface area contributed by atoms with Crippen LogP contribution >= 0.6 is 0 Å². The average molecular weight is 426 g/mol. The largest absolute Gasteiger partial charge is 0.507 e. The number of Topliss-reactive ketones (excluding diaryl/α,β-unsaturated/α-hetero) is 2. The van der Waals surface area contributed by atoms with E-state index in [1.165, 1.54) is 40.6 Å². The molecule has 0 saturated carbocycles. The van der Waals surface area contributed by atoms with Gasteiger partial charge >= 0.3 is 5.97 Å². The van der Waals surface area contributed by atoms with Crippen molar-refractivity contribution < 1.29 is 38.4 Å². The summed E-state index contributed by atoms with van der Waals surface area (Å²) in [6.07, 6.45) is -0.317. The van der Waals surface area contributed by atoms with Crippen LogP contribution < -0.4 is 14.2 Å². The number of esters is 1. The molecular formula is C23H22O8. The van der Waals surface area contributed by atoms with Crippen LogP contribution in [0.1, 0.15) is 33.8 Å². The van der Waals surface area contributed by atoms with Gasteiger partial charge in [0.15, 0.2) is 11.5 Å². The van der Waals surface area contributed by atoms with Crippen LogP contribution in [0.2, 0.25) is 0 Å². The summed E-state index contributed by atoms with van der Waals surface area (Å²) >= 11 is 0. The van der Waals surface area contributed by atoms with Crippen LogP contribution in [0.25, 0.3) is 5.76 Å². The number of carbonyl (C=O) groups excluding carboxylic acids is 3. The standard InChI is InChI=1S/C23H22O8/c1-28-16-11-18(30-3)17(29-2)9-14(16)15(10-19(24)31-4)20-21(25)12-7-5-6-8-13(12)22(26)23(20)27/h5-9,11,15,25H,10H2,1-4H3/t15-/m0/s1. The molecule has 0 radical (unpaired) electrons. The third-order valence-corrected chi connectivity index (χ3v) is 5.19. The van der Waals surface area contributed by atoms with Crippen molar-refractivity contribution >= 4 is 23.3 Å². The van der Waals surface area contributed by atoms with E-state index >= 15 is 0 Å². The number of allylic oxidation sites excluding steroid dienone is 1. The number of ketones is 2. The van der Waals surface area contributed by atoms with Crippen molar-refractivity contribution in [1.29, 1.82) is 0 Å². The van der Waals surface area contributed by atoms with E-state index in [4.69, 9.17) is 18.9 Å². The molecule has 8 heteroatoms. The lowest BCUT2D eigenvalue weighted by Gasteiger charge is -2.26. The molecule has 2 aromatic rings. The third-order valence-electron chi connectivity index (χ3n) is 5.19. The molecule has 0 aromatic heterocycles. The topological polar surface area (TPSA) is 108 Å². The lowest BCUT2D eigenvalue weighted by atomic mass is 9.78. The van der Waals surface area contributed by atoms with Crippen molar-refractivity contribution in [2.24, 2.45) is 0 Å². The van der Waals surface area contributed by atoms with Crippen molar-refractivity contribution in [1.82, 2.24) is 0 Å². The summed E-state index contributed by atoms with van der Waals surface area (Å²) in [5, 5.41) is 11.0. The molecule has 162 valence electrons. The molecule has 0 heterocycles. The van der Waals surface area contributed by atoms with Gasteiger partial charge in [0.05, 0.1) is 40.4 Å². The zero-order valence-corrected chi connectivity index (χ0v) is 17.6. The predicted octanol–water partition coefficient (Wildman–Crippen LogP) is 3.09. The minimum atomic E-state index is -1.04. The van der Waals surface area contributed by atoms with E-state index in [9.17, 15) is 19.5 Å². The first-order chi connectivity index (χ1) is 14.9. The van der Waals surface area contributed by atoms with Gasteiger partial charge < -0.3 is 24.1 Å². The lowest BCUT2D eigenvalue weighted by molar-refractivity contribution is -0.140. The van der Waals surface area contributed by atoms with Crippen LogP contribution in [0.5, 0.6) is 17.2 Å². The Hall–Kier alpha value is -3.81. The van der Waals surface area contributed by atoms with E-state index in [0.717, 1.165) is 0 Å². The summed E-state index contributed by atoms with van der Waals surface area (Å²) in [5.41, 5.74) is 0.466. The SMILES string of the molecule is COC(=O)C[C@H](C1=C(O)c2ccccc2C(=O)C1=O)c1cc(OC)c(OC)cc1OC. The van der Waals surface area contributed by atoms with Gasteiger partial charge in [0.2, 0.25) is 11.6 Å². The van der Waals surface area contributed by atoms with E-state index in [-0.39, 0.29) is 34.6 Å². The maximum atomic E-state index is 13.0. The van der Waals surface area contributed by atoms with Gasteiger partial charge in [-0.15, -0.1) is 0 Å². The summed E-state index contributed by atoms with van der Waals surface area (Å²) in [6, 6.07) is 9.33. The van der Waals surface area contributed by atoms with Crippen LogP contribution in [-0.4, -0.2) is 51.1 Å². The molecule has 1 atom stereocenters. The Kier molecular flexibility index (Phi) is 6.29. The maximum absolute atomic E-state index is 13.0. The maximum Gasteiger partial charge on any atom is 0.306 e. The molecule has 0 saturated heterocycles. The van der Waals surface area contributed by atoms with E-state index in [0.29, 0.717) is 17.1 Å². The Bertz CT molecular complexity index is 1080. The van der Waals surface area contributed by atoms with Gasteiger partial charge in [-0.25, -0.2) is 0 Å². The number of hydrogen-bond donors (Lipinski definition) is 1. The molecule has 0 bridgehead atoms. The van der Waals surface area contributed by atoms with Crippen molar-refractivity contribution in [3.8, 4) is 17.2 Å². The van der Waals surface area contributed by atoms with E-state index in [2.05, 4.69) is 0 Å². The second kappa shape index (κ2) is 8.91. The number of benzene rings is 2. The third kappa shape index (κ3) is 3.84. The Morgan fingerprint density at radius 1 is 0.871 bits per heavy atom. The van der Waals surface area contributed by atoms with Gasteiger partial charge in [0.1, 0.15) is 11.5 Å². The molecule has 2 aromatic carbocycles. The van der Waals surface area contributed by atoms with Gasteiger partial charge in [0, 0.05) is 28.7 Å². The fourth-order valence-corrected chi connectivity index (χ4v) is 3.65. The fourth-order valence-electron chi connectivity index (χ4n) is 3.65. The van der Waals surface area contributed by atoms with Crippen molar-refractivity contribution in [2.45, 2.75) is 12.3 Å². The van der Waals surface area contributed by atoms with Gasteiger partial charge in [-0.1, -0.05) is 24.3 Å². The van der Waals surface area contributed by atoms with Gasteiger partial charge in [-0.2, -0.15) is 0 Å². The molecule has 0 amide bonds. The van der Waals surface area contributed by atoms with Crippen LogP contribution in [0.15, 0.2) is 42.0 Å². The van der Waals surface area contributed by atoms with Gasteiger partial charge in [0.25, 0.3) is 0 Å². The smallest absolute Gasteiger partial charge is 0.306 e. The molecule has 0 fully saturated rings. The molecule has 0 aliphatic heterocycles. The molecule has 3 rings (SSSR count). The van der Waals surface area contributed by atoms with E-state index in [1.54, 1.807) is 24.3 Å². The van der Waals surface area contributed by atoms with Crippen LogP contribution in [-0.2, 0) is 14.3 Å². The monoisotopic (exact) mass is 426 g/mol. The number of methoxy groups -OCH3 is 4. The van der Waals surface area contributed by atoms with Crippen LogP contribution in [0.4, 0.5) is 0 Å². The highest BCUT2D eigenvalue weighted by Crippen LogP contribution is 2.45. The summed E-state index contributed by atoms with van der Waals surface area (Å²) in [4.78, 5) is 38.0. The molecule has 8 nitrogen and oxygen atoms in total. The van der Waals surface area contributed by atoms with Gasteiger partial charge in [-0.3, -0.25) is 14.4 Å². The number of hydrogen-bond acceptors (Lipinski definition) is 8. The minimum Gasteiger partial charge on any atom is -0.507 e. The Labute approximate surface area is 179 Å². The average Bonchev–Trinajstić information content (AvgIpc) is 2.80. The van der Waals surface area contributed by atoms with Crippen LogP contribution in [0.3, 0.4) is 0 Å². The number of carbonyl (C=O) groups is 3. The van der Waals surface area contributed by atoms with E-state index in [1.807, 2.05) is 0 Å². The predicted molar refractivity (Wildman–Crippen MR) is 111 cm³/mol. The Morgan fingerprint density at radius 2 is 1.45 bits per heavy atom. The molecule has 31 heavy (non-hydrogen) atoms.